The molecule has 2 aromatic rings. The van der Waals surface area contributed by atoms with Gasteiger partial charge in [0.25, 0.3) is 0 Å². The van der Waals surface area contributed by atoms with Crippen LogP contribution in [0.2, 0.25) is 0 Å². The molecule has 1 aromatic carbocycles. The van der Waals surface area contributed by atoms with Gasteiger partial charge in [0.2, 0.25) is 5.91 Å². The van der Waals surface area contributed by atoms with Crippen molar-refractivity contribution in [3.63, 3.8) is 0 Å². The average molecular weight is 365 g/mol. The first kappa shape index (κ1) is 19.4. The van der Waals surface area contributed by atoms with Gasteiger partial charge >= 0.3 is 6.61 Å². The normalized spacial score (nSPS) is 11.2. The Morgan fingerprint density at radius 3 is 2.77 bits per heavy atom. The molecule has 1 amide bonds. The van der Waals surface area contributed by atoms with Crippen LogP contribution in [0, 0.1) is 0 Å². The third-order valence-corrected chi connectivity index (χ3v) is 3.46. The molecule has 0 N–H and O–H groups in total. The van der Waals surface area contributed by atoms with E-state index >= 15 is 0 Å². The van der Waals surface area contributed by atoms with Crippen LogP contribution in [-0.4, -0.2) is 40.9 Å². The van der Waals surface area contributed by atoms with E-state index in [-0.39, 0.29) is 17.4 Å². The first-order valence-corrected chi connectivity index (χ1v) is 8.01. The Morgan fingerprint density at radius 1 is 1.38 bits per heavy atom. The number of benzene rings is 1. The molecule has 0 saturated heterocycles. The Labute approximate surface area is 150 Å². The molecule has 0 spiro atoms. The van der Waals surface area contributed by atoms with Crippen LogP contribution in [0.25, 0.3) is 6.08 Å². The zero-order valence-electron chi connectivity index (χ0n) is 14.9. The monoisotopic (exact) mass is 365 g/mol. The first-order valence-electron chi connectivity index (χ1n) is 8.01. The van der Waals surface area contributed by atoms with E-state index in [1.165, 1.54) is 12.1 Å². The Bertz CT molecular complexity index is 775. The van der Waals surface area contributed by atoms with Crippen molar-refractivity contribution in [3.8, 4) is 11.5 Å². The molecule has 0 radical (unpaired) electrons. The van der Waals surface area contributed by atoms with Crippen LogP contribution >= 0.6 is 0 Å². The van der Waals surface area contributed by atoms with Gasteiger partial charge in [-0.15, -0.1) is 0 Å². The fourth-order valence-electron chi connectivity index (χ4n) is 2.29. The summed E-state index contributed by atoms with van der Waals surface area (Å²) in [6, 6.07) is 4.51. The van der Waals surface area contributed by atoms with Crippen LogP contribution in [0.4, 0.5) is 8.78 Å². The summed E-state index contributed by atoms with van der Waals surface area (Å²) in [4.78, 5) is 13.8. The maximum atomic E-state index is 12.4. The van der Waals surface area contributed by atoms with Crippen molar-refractivity contribution in [3.05, 3.63) is 47.8 Å². The quantitative estimate of drug-likeness (QED) is 0.675. The van der Waals surface area contributed by atoms with E-state index in [1.54, 1.807) is 48.0 Å². The number of aromatic nitrogens is 2. The molecule has 0 atom stereocenters. The molecule has 0 aliphatic carbocycles. The number of hydrogen-bond donors (Lipinski definition) is 0. The number of hydrogen-bond acceptors (Lipinski definition) is 4. The minimum Gasteiger partial charge on any atom is -0.490 e. The van der Waals surface area contributed by atoms with E-state index < -0.39 is 6.61 Å². The van der Waals surface area contributed by atoms with Crippen molar-refractivity contribution >= 4 is 12.0 Å². The van der Waals surface area contributed by atoms with Crippen LogP contribution in [0.15, 0.2) is 36.7 Å². The topological polar surface area (TPSA) is 56.6 Å². The van der Waals surface area contributed by atoms with Gasteiger partial charge in [-0.2, -0.15) is 13.9 Å². The smallest absolute Gasteiger partial charge is 0.387 e. The predicted octanol–water partition coefficient (Wildman–Crippen LogP) is 3.09. The van der Waals surface area contributed by atoms with E-state index in [2.05, 4.69) is 9.84 Å². The summed E-state index contributed by atoms with van der Waals surface area (Å²) in [6.45, 7) is -0.452. The highest BCUT2D eigenvalue weighted by molar-refractivity contribution is 5.91. The molecule has 26 heavy (non-hydrogen) atoms. The Hall–Kier alpha value is -2.90. The van der Waals surface area contributed by atoms with Crippen molar-refractivity contribution in [2.45, 2.75) is 20.1 Å². The Balaban J connectivity index is 2.05. The second-order valence-electron chi connectivity index (χ2n) is 5.57. The summed E-state index contributed by atoms with van der Waals surface area (Å²) < 4.78 is 36.2. The lowest BCUT2D eigenvalue weighted by molar-refractivity contribution is -0.125. The van der Waals surface area contributed by atoms with Crippen molar-refractivity contribution in [1.29, 1.82) is 0 Å². The summed E-state index contributed by atoms with van der Waals surface area (Å²) in [5, 5.41) is 4.06. The van der Waals surface area contributed by atoms with E-state index in [9.17, 15) is 13.6 Å². The number of carbonyl (C=O) groups excluding carboxylic acids is 1. The second kappa shape index (κ2) is 8.98. The third-order valence-electron chi connectivity index (χ3n) is 3.46. The maximum Gasteiger partial charge on any atom is 0.387 e. The highest BCUT2D eigenvalue weighted by Gasteiger charge is 2.11. The summed E-state index contributed by atoms with van der Waals surface area (Å²) >= 11 is 0. The van der Waals surface area contributed by atoms with Crippen molar-refractivity contribution < 1.29 is 23.0 Å². The molecule has 0 bridgehead atoms. The van der Waals surface area contributed by atoms with Crippen molar-refractivity contribution in [2.75, 3.05) is 13.7 Å². The van der Waals surface area contributed by atoms with Gasteiger partial charge in [0.15, 0.2) is 11.5 Å². The van der Waals surface area contributed by atoms with Crippen molar-refractivity contribution in [1.82, 2.24) is 14.7 Å². The van der Waals surface area contributed by atoms with Gasteiger partial charge < -0.3 is 14.4 Å². The van der Waals surface area contributed by atoms with E-state index in [4.69, 9.17) is 4.74 Å². The van der Waals surface area contributed by atoms with Gasteiger partial charge in [0, 0.05) is 38.5 Å². The SMILES string of the molecule is CCOc1cc(/C=C/C(=O)N(C)Cc2cnn(C)c2)ccc1OC(F)F. The number of aryl methyl sites for hydroxylation is 1. The van der Waals surface area contributed by atoms with Gasteiger partial charge in [0.05, 0.1) is 12.8 Å². The number of carbonyl (C=O) groups is 1. The molecule has 140 valence electrons. The average Bonchev–Trinajstić information content (AvgIpc) is 2.99. The van der Waals surface area contributed by atoms with Crippen LogP contribution in [0.1, 0.15) is 18.1 Å². The van der Waals surface area contributed by atoms with Crippen LogP contribution in [0.5, 0.6) is 11.5 Å². The largest absolute Gasteiger partial charge is 0.490 e. The van der Waals surface area contributed by atoms with E-state index in [0.717, 1.165) is 5.56 Å². The summed E-state index contributed by atoms with van der Waals surface area (Å²) in [5.41, 5.74) is 1.56. The highest BCUT2D eigenvalue weighted by atomic mass is 19.3. The van der Waals surface area contributed by atoms with Gasteiger partial charge in [-0.1, -0.05) is 6.07 Å². The minimum atomic E-state index is -2.93. The molecule has 6 nitrogen and oxygen atoms in total. The minimum absolute atomic E-state index is 0.0426. The van der Waals surface area contributed by atoms with Crippen LogP contribution < -0.4 is 9.47 Å². The fourth-order valence-corrected chi connectivity index (χ4v) is 2.29. The molecule has 2 rings (SSSR count). The van der Waals surface area contributed by atoms with Gasteiger partial charge in [-0.3, -0.25) is 9.48 Å². The molecular formula is C18H21F2N3O3. The van der Waals surface area contributed by atoms with E-state index in [0.29, 0.717) is 18.7 Å². The number of alkyl halides is 2. The molecule has 0 fully saturated rings. The zero-order chi connectivity index (χ0) is 19.1. The number of halogens is 2. The Morgan fingerprint density at radius 2 is 2.15 bits per heavy atom. The lowest BCUT2D eigenvalue weighted by Crippen LogP contribution is -2.23. The molecular weight excluding hydrogens is 344 g/mol. The van der Waals surface area contributed by atoms with Crippen molar-refractivity contribution in [2.24, 2.45) is 7.05 Å². The number of likely N-dealkylation sites (N-methyl/N-ethyl adjacent to an activating group) is 1. The molecule has 1 aromatic heterocycles. The lowest BCUT2D eigenvalue weighted by atomic mass is 10.2. The fraction of sp³-hybridized carbons (Fsp3) is 0.333. The van der Waals surface area contributed by atoms with Gasteiger partial charge in [0.1, 0.15) is 0 Å². The number of ether oxygens (including phenoxy) is 2. The summed E-state index contributed by atoms with van der Waals surface area (Å²) in [7, 11) is 3.49. The third kappa shape index (κ3) is 5.58. The predicted molar refractivity (Wildman–Crippen MR) is 93.0 cm³/mol. The summed E-state index contributed by atoms with van der Waals surface area (Å²) in [6.07, 6.45) is 6.54. The first-order chi connectivity index (χ1) is 12.4. The number of amides is 1. The Kier molecular flexibility index (Phi) is 6.71. The highest BCUT2D eigenvalue weighted by Crippen LogP contribution is 2.30. The van der Waals surface area contributed by atoms with Crippen LogP contribution in [-0.2, 0) is 18.4 Å². The van der Waals surface area contributed by atoms with Crippen LogP contribution in [0.3, 0.4) is 0 Å². The summed E-state index contributed by atoms with van der Waals surface area (Å²) in [5.74, 6) is -0.0372. The number of nitrogens with zero attached hydrogens (tertiary/aromatic N) is 3. The van der Waals surface area contributed by atoms with E-state index in [1.807, 2.05) is 13.2 Å². The molecule has 8 heteroatoms. The second-order valence-corrected chi connectivity index (χ2v) is 5.57. The number of rotatable bonds is 8. The molecule has 1 heterocycles. The van der Waals surface area contributed by atoms with Gasteiger partial charge in [-0.25, -0.2) is 0 Å². The molecule has 0 saturated carbocycles. The standard InChI is InChI=1S/C18H21F2N3O3/c1-4-25-16-9-13(5-7-15(16)26-18(19)20)6-8-17(24)22(2)11-14-10-21-23(3)12-14/h5-10,12,18H,4,11H2,1-3H3/b8-6+. The zero-order valence-corrected chi connectivity index (χ0v) is 14.9. The molecule has 0 unspecified atom stereocenters. The lowest BCUT2D eigenvalue weighted by Gasteiger charge is -2.14. The van der Waals surface area contributed by atoms with Gasteiger partial charge in [-0.05, 0) is 30.7 Å². The molecule has 0 aliphatic heterocycles. The molecule has 0 aliphatic rings. The maximum absolute atomic E-state index is 12.4.